The van der Waals surface area contributed by atoms with Gasteiger partial charge in [-0.05, 0) is 41.4 Å². The first-order chi connectivity index (χ1) is 8.63. The minimum atomic E-state index is 0.0204. The second-order valence-corrected chi connectivity index (χ2v) is 6.00. The molecule has 2 aromatic heterocycles. The van der Waals surface area contributed by atoms with Crippen LogP contribution in [0.2, 0.25) is 0 Å². The van der Waals surface area contributed by atoms with Gasteiger partial charge in [0.2, 0.25) is 0 Å². The first-order valence-electron chi connectivity index (χ1n) is 5.85. The zero-order chi connectivity index (χ0) is 13.1. The van der Waals surface area contributed by atoms with Gasteiger partial charge >= 0.3 is 0 Å². The fourth-order valence-corrected chi connectivity index (χ4v) is 3.13. The number of halogens is 1. The molecule has 0 amide bonds. The van der Waals surface area contributed by atoms with E-state index in [1.165, 1.54) is 0 Å². The van der Waals surface area contributed by atoms with Crippen molar-refractivity contribution in [3.05, 3.63) is 33.5 Å². The van der Waals surface area contributed by atoms with Gasteiger partial charge in [-0.15, -0.1) is 11.3 Å². The Morgan fingerprint density at radius 1 is 1.39 bits per heavy atom. The van der Waals surface area contributed by atoms with E-state index in [-0.39, 0.29) is 12.5 Å². The molecule has 0 bridgehead atoms. The van der Waals surface area contributed by atoms with Crippen LogP contribution in [0.5, 0.6) is 0 Å². The Bertz CT molecular complexity index is 538. The SMILES string of the molecule is CCC(CO)c1nc(C)cc(-c2cc(Br)cs2)n1. The number of thiophene rings is 1. The summed E-state index contributed by atoms with van der Waals surface area (Å²) >= 11 is 5.10. The molecule has 0 saturated carbocycles. The van der Waals surface area contributed by atoms with E-state index in [9.17, 15) is 5.11 Å². The fraction of sp³-hybridized carbons (Fsp3) is 0.385. The summed E-state index contributed by atoms with van der Waals surface area (Å²) in [5.41, 5.74) is 1.87. The van der Waals surface area contributed by atoms with E-state index in [4.69, 9.17) is 0 Å². The van der Waals surface area contributed by atoms with Crippen LogP contribution in [0.25, 0.3) is 10.6 Å². The predicted octanol–water partition coefficient (Wildman–Crippen LogP) is 3.76. The minimum absolute atomic E-state index is 0.0204. The van der Waals surface area contributed by atoms with Crippen LogP contribution in [0, 0.1) is 6.92 Å². The number of aliphatic hydroxyl groups excluding tert-OH is 1. The molecule has 5 heteroatoms. The third kappa shape index (κ3) is 2.96. The highest BCUT2D eigenvalue weighted by molar-refractivity contribution is 9.10. The quantitative estimate of drug-likeness (QED) is 0.930. The monoisotopic (exact) mass is 326 g/mol. The van der Waals surface area contributed by atoms with Crippen molar-refractivity contribution in [1.82, 2.24) is 9.97 Å². The van der Waals surface area contributed by atoms with Crippen LogP contribution in [0.4, 0.5) is 0 Å². The molecular weight excluding hydrogens is 312 g/mol. The summed E-state index contributed by atoms with van der Waals surface area (Å²) in [6, 6.07) is 4.03. The minimum Gasteiger partial charge on any atom is -0.396 e. The Morgan fingerprint density at radius 3 is 2.72 bits per heavy atom. The molecule has 1 unspecified atom stereocenters. The van der Waals surface area contributed by atoms with E-state index in [2.05, 4.69) is 32.0 Å². The molecule has 0 aromatic carbocycles. The van der Waals surface area contributed by atoms with Crippen molar-refractivity contribution >= 4 is 27.3 Å². The molecule has 0 radical (unpaired) electrons. The highest BCUT2D eigenvalue weighted by atomic mass is 79.9. The summed E-state index contributed by atoms with van der Waals surface area (Å²) in [7, 11) is 0. The summed E-state index contributed by atoms with van der Waals surface area (Å²) in [6.07, 6.45) is 0.841. The van der Waals surface area contributed by atoms with Crippen molar-refractivity contribution in [3.8, 4) is 10.6 Å². The molecule has 3 nitrogen and oxygen atoms in total. The van der Waals surface area contributed by atoms with Gasteiger partial charge in [0.1, 0.15) is 5.82 Å². The van der Waals surface area contributed by atoms with Crippen molar-refractivity contribution in [2.24, 2.45) is 0 Å². The molecule has 0 aliphatic rings. The molecule has 96 valence electrons. The maximum absolute atomic E-state index is 9.35. The van der Waals surface area contributed by atoms with Crippen LogP contribution in [-0.2, 0) is 0 Å². The van der Waals surface area contributed by atoms with Crippen LogP contribution >= 0.6 is 27.3 Å². The predicted molar refractivity (Wildman–Crippen MR) is 77.9 cm³/mol. The molecule has 0 fully saturated rings. The molecule has 1 atom stereocenters. The average Bonchev–Trinajstić information content (AvgIpc) is 2.77. The lowest BCUT2D eigenvalue weighted by Gasteiger charge is -2.11. The standard InChI is InChI=1S/C13H15BrN2OS/c1-3-9(6-17)13-15-8(2)4-11(16-13)12-5-10(14)7-18-12/h4-5,7,9,17H,3,6H2,1-2H3. The Kier molecular flexibility index (Phi) is 4.48. The fourth-order valence-electron chi connectivity index (χ4n) is 1.74. The van der Waals surface area contributed by atoms with Crippen LogP contribution < -0.4 is 0 Å². The summed E-state index contributed by atoms with van der Waals surface area (Å²) in [5.74, 6) is 0.756. The van der Waals surface area contributed by atoms with E-state index >= 15 is 0 Å². The molecule has 0 spiro atoms. The van der Waals surface area contributed by atoms with E-state index < -0.39 is 0 Å². The second-order valence-electron chi connectivity index (χ2n) is 4.17. The Labute approximate surface area is 119 Å². The van der Waals surface area contributed by atoms with Crippen LogP contribution in [0.3, 0.4) is 0 Å². The number of hydrogen-bond donors (Lipinski definition) is 1. The smallest absolute Gasteiger partial charge is 0.134 e. The number of aliphatic hydroxyl groups is 1. The summed E-state index contributed by atoms with van der Waals surface area (Å²) < 4.78 is 1.06. The number of aromatic nitrogens is 2. The van der Waals surface area contributed by atoms with Gasteiger partial charge in [0.15, 0.2) is 0 Å². The molecule has 0 saturated heterocycles. The van der Waals surface area contributed by atoms with Gasteiger partial charge in [-0.25, -0.2) is 9.97 Å². The van der Waals surface area contributed by atoms with Crippen LogP contribution in [0.1, 0.15) is 30.8 Å². The Morgan fingerprint density at radius 2 is 2.17 bits per heavy atom. The summed E-state index contributed by atoms with van der Waals surface area (Å²) in [5, 5.41) is 11.4. The van der Waals surface area contributed by atoms with Crippen molar-refractivity contribution in [3.63, 3.8) is 0 Å². The van der Waals surface area contributed by atoms with E-state index in [1.54, 1.807) is 11.3 Å². The molecule has 2 heterocycles. The third-order valence-corrected chi connectivity index (χ3v) is 4.48. The summed E-state index contributed by atoms with van der Waals surface area (Å²) in [6.45, 7) is 4.09. The van der Waals surface area contributed by atoms with Gasteiger partial charge in [-0.2, -0.15) is 0 Å². The van der Waals surface area contributed by atoms with Crippen LogP contribution in [-0.4, -0.2) is 21.7 Å². The van der Waals surface area contributed by atoms with Crippen LogP contribution in [0.15, 0.2) is 22.0 Å². The number of nitrogens with zero attached hydrogens (tertiary/aromatic N) is 2. The molecule has 1 N–H and O–H groups in total. The van der Waals surface area contributed by atoms with Crippen molar-refractivity contribution in [1.29, 1.82) is 0 Å². The van der Waals surface area contributed by atoms with E-state index in [1.807, 2.05) is 25.3 Å². The van der Waals surface area contributed by atoms with Crippen molar-refractivity contribution < 1.29 is 5.11 Å². The summed E-state index contributed by atoms with van der Waals surface area (Å²) in [4.78, 5) is 10.1. The zero-order valence-electron chi connectivity index (χ0n) is 10.4. The lowest BCUT2D eigenvalue weighted by molar-refractivity contribution is 0.257. The highest BCUT2D eigenvalue weighted by Crippen LogP contribution is 2.29. The second kappa shape index (κ2) is 5.91. The largest absolute Gasteiger partial charge is 0.396 e. The van der Waals surface area contributed by atoms with Gasteiger partial charge in [-0.3, -0.25) is 0 Å². The molecule has 18 heavy (non-hydrogen) atoms. The number of hydrogen-bond acceptors (Lipinski definition) is 4. The maximum atomic E-state index is 9.35. The van der Waals surface area contributed by atoms with Gasteiger partial charge in [0.25, 0.3) is 0 Å². The van der Waals surface area contributed by atoms with Gasteiger partial charge in [-0.1, -0.05) is 6.92 Å². The van der Waals surface area contributed by atoms with Crippen molar-refractivity contribution in [2.75, 3.05) is 6.61 Å². The molecule has 2 rings (SSSR count). The lowest BCUT2D eigenvalue weighted by atomic mass is 10.1. The normalized spacial score (nSPS) is 12.7. The highest BCUT2D eigenvalue weighted by Gasteiger charge is 2.14. The number of rotatable bonds is 4. The van der Waals surface area contributed by atoms with Gasteiger partial charge in [0.05, 0.1) is 17.2 Å². The topological polar surface area (TPSA) is 46.0 Å². The van der Waals surface area contributed by atoms with E-state index in [0.717, 1.165) is 33.0 Å². The van der Waals surface area contributed by atoms with E-state index in [0.29, 0.717) is 0 Å². The Balaban J connectivity index is 2.43. The maximum Gasteiger partial charge on any atom is 0.134 e. The van der Waals surface area contributed by atoms with Crippen molar-refractivity contribution in [2.45, 2.75) is 26.2 Å². The third-order valence-electron chi connectivity index (χ3n) is 2.77. The zero-order valence-corrected chi connectivity index (χ0v) is 12.8. The molecule has 0 aliphatic heterocycles. The molecule has 2 aromatic rings. The van der Waals surface area contributed by atoms with Gasteiger partial charge in [0, 0.05) is 21.5 Å². The number of aryl methyl sites for hydroxylation is 1. The first-order valence-corrected chi connectivity index (χ1v) is 7.52. The Hall–Kier alpha value is -0.780. The van der Waals surface area contributed by atoms with Gasteiger partial charge < -0.3 is 5.11 Å². The molecular formula is C13H15BrN2OS. The lowest BCUT2D eigenvalue weighted by Crippen LogP contribution is -2.09. The average molecular weight is 327 g/mol. The first kappa shape index (κ1) is 13.6. The molecule has 0 aliphatic carbocycles.